The molecule has 0 saturated heterocycles. The van der Waals surface area contributed by atoms with Gasteiger partial charge in [0.05, 0.1) is 0 Å². The van der Waals surface area contributed by atoms with Crippen LogP contribution in [0.4, 0.5) is 0 Å². The summed E-state index contributed by atoms with van der Waals surface area (Å²) >= 11 is 0. The van der Waals surface area contributed by atoms with Gasteiger partial charge < -0.3 is 15.3 Å². The van der Waals surface area contributed by atoms with Gasteiger partial charge in [0.15, 0.2) is 0 Å². The van der Waals surface area contributed by atoms with E-state index in [4.69, 9.17) is 17.5 Å². The van der Waals surface area contributed by atoms with Gasteiger partial charge in [-0.15, -0.1) is 0 Å². The van der Waals surface area contributed by atoms with E-state index in [2.05, 4.69) is 0 Å². The molecule has 5 nitrogen and oxygen atoms in total. The van der Waals surface area contributed by atoms with Crippen molar-refractivity contribution in [3.63, 3.8) is 0 Å². The third-order valence-electron chi connectivity index (χ3n) is 0. The molecule has 0 aromatic rings. The third-order valence-corrected chi connectivity index (χ3v) is 0. The Labute approximate surface area is 81.7 Å². The second-order valence-corrected chi connectivity index (χ2v) is 1.22. The van der Waals surface area contributed by atoms with Gasteiger partial charge in [0.1, 0.15) is 0 Å². The van der Waals surface area contributed by atoms with Crippen LogP contribution in [-0.2, 0) is 10.4 Å². The van der Waals surface area contributed by atoms with Crippen LogP contribution in [0.15, 0.2) is 0 Å². The topological polar surface area (TPSA) is 117 Å². The Bertz CT molecular complexity index is 94.9. The first-order chi connectivity index (χ1) is 2.00. The molecular formula is H4BaNO4S+. The van der Waals surface area contributed by atoms with Crippen molar-refractivity contribution >= 4 is 59.3 Å². The minimum Gasteiger partial charge on any atom is -0.759 e. The van der Waals surface area contributed by atoms with Crippen LogP contribution < -0.4 is 6.15 Å². The fourth-order valence-electron chi connectivity index (χ4n) is 0. The quantitative estimate of drug-likeness (QED) is 0.325. The molecule has 0 atom stereocenters. The van der Waals surface area contributed by atoms with Crippen LogP contribution in [0.2, 0.25) is 0 Å². The minimum atomic E-state index is -5.17. The van der Waals surface area contributed by atoms with E-state index in [1.807, 2.05) is 0 Å². The maximum absolute atomic E-state index is 8.52. The molecule has 0 aliphatic heterocycles. The Kier molecular flexibility index (Phi) is 12.5. The van der Waals surface area contributed by atoms with Crippen molar-refractivity contribution in [2.45, 2.75) is 0 Å². The van der Waals surface area contributed by atoms with Crippen LogP contribution in [0.5, 0.6) is 0 Å². The van der Waals surface area contributed by atoms with E-state index in [0.29, 0.717) is 0 Å². The number of quaternary nitrogens is 1. The van der Waals surface area contributed by atoms with Crippen LogP contribution in [-0.4, -0.2) is 66.4 Å². The van der Waals surface area contributed by atoms with Gasteiger partial charge in [-0.05, 0) is 0 Å². The zero-order valence-electron chi connectivity index (χ0n) is 3.75. The van der Waals surface area contributed by atoms with Crippen molar-refractivity contribution in [2.24, 2.45) is 0 Å². The van der Waals surface area contributed by atoms with Crippen LogP contribution >= 0.6 is 0 Å². The Morgan fingerprint density at radius 1 is 1.14 bits per heavy atom. The molecule has 0 aliphatic carbocycles. The molecule has 0 radical (unpaired) electrons. The van der Waals surface area contributed by atoms with Crippen LogP contribution in [0.3, 0.4) is 0 Å². The molecule has 0 heterocycles. The molecule has 0 bridgehead atoms. The number of hydrogen-bond donors (Lipinski definition) is 1. The normalized spacial score (nSPS) is 8.29. The monoisotopic (exact) mass is 252 g/mol. The summed E-state index contributed by atoms with van der Waals surface area (Å²) in [7, 11) is -5.17. The fourth-order valence-corrected chi connectivity index (χ4v) is 0. The first-order valence-electron chi connectivity index (χ1n) is 0.667. The zero-order valence-corrected chi connectivity index (χ0v) is 9.01. The van der Waals surface area contributed by atoms with Gasteiger partial charge in [-0.3, -0.25) is 8.42 Å². The molecule has 0 amide bonds. The van der Waals surface area contributed by atoms with E-state index in [1.54, 1.807) is 0 Å². The second-order valence-electron chi connectivity index (χ2n) is 0.408. The third kappa shape index (κ3) is 110. The fraction of sp³-hybridized carbons (Fsp3) is 0. The van der Waals surface area contributed by atoms with Gasteiger partial charge in [0.25, 0.3) is 0 Å². The van der Waals surface area contributed by atoms with Crippen molar-refractivity contribution in [1.82, 2.24) is 6.15 Å². The second kappa shape index (κ2) is 5.54. The van der Waals surface area contributed by atoms with Crippen molar-refractivity contribution in [3.8, 4) is 0 Å². The van der Waals surface area contributed by atoms with Crippen LogP contribution in [0, 0.1) is 0 Å². The summed E-state index contributed by atoms with van der Waals surface area (Å²) in [5.41, 5.74) is 0. The first kappa shape index (κ1) is 15.8. The van der Waals surface area contributed by atoms with Crippen molar-refractivity contribution in [2.75, 3.05) is 0 Å². The summed E-state index contributed by atoms with van der Waals surface area (Å²) in [4.78, 5) is 0. The Hall–Kier alpha value is 1.40. The maximum Gasteiger partial charge on any atom is 2.00 e. The van der Waals surface area contributed by atoms with Crippen molar-refractivity contribution in [3.05, 3.63) is 0 Å². The van der Waals surface area contributed by atoms with E-state index < -0.39 is 10.4 Å². The molecular weight excluding hydrogens is 247 g/mol. The summed E-state index contributed by atoms with van der Waals surface area (Å²) < 4.78 is 34.1. The van der Waals surface area contributed by atoms with Crippen molar-refractivity contribution in [1.29, 1.82) is 0 Å². The summed E-state index contributed by atoms with van der Waals surface area (Å²) in [5.74, 6) is 0. The molecule has 0 fully saturated rings. The molecule has 4 N–H and O–H groups in total. The molecule has 0 unspecified atom stereocenters. The van der Waals surface area contributed by atoms with Crippen LogP contribution in [0.1, 0.15) is 0 Å². The smallest absolute Gasteiger partial charge is 0.759 e. The summed E-state index contributed by atoms with van der Waals surface area (Å²) in [5, 5.41) is 0. The number of rotatable bonds is 0. The predicted octanol–water partition coefficient (Wildman–Crippen LogP) is -1.34. The molecule has 0 aliphatic rings. The van der Waals surface area contributed by atoms with Gasteiger partial charge in [-0.25, -0.2) is 0 Å². The van der Waals surface area contributed by atoms with E-state index in [9.17, 15) is 0 Å². The van der Waals surface area contributed by atoms with Crippen LogP contribution in [0.25, 0.3) is 0 Å². The van der Waals surface area contributed by atoms with Gasteiger partial charge in [0.2, 0.25) is 0 Å². The molecule has 40 valence electrons. The molecule has 7 heavy (non-hydrogen) atoms. The number of hydrogen-bond acceptors (Lipinski definition) is 4. The van der Waals surface area contributed by atoms with Gasteiger partial charge in [0, 0.05) is 10.4 Å². The Morgan fingerprint density at radius 3 is 1.14 bits per heavy atom. The first-order valence-corrected chi connectivity index (χ1v) is 2.00. The minimum absolute atomic E-state index is 0. The summed E-state index contributed by atoms with van der Waals surface area (Å²) in [6.07, 6.45) is 0. The Morgan fingerprint density at radius 2 is 1.14 bits per heavy atom. The van der Waals surface area contributed by atoms with E-state index in [-0.39, 0.29) is 55.0 Å². The van der Waals surface area contributed by atoms with E-state index >= 15 is 0 Å². The van der Waals surface area contributed by atoms with Gasteiger partial charge >= 0.3 is 48.9 Å². The van der Waals surface area contributed by atoms with Crippen molar-refractivity contribution < 1.29 is 17.5 Å². The van der Waals surface area contributed by atoms with Gasteiger partial charge in [-0.2, -0.15) is 0 Å². The van der Waals surface area contributed by atoms with E-state index in [1.165, 1.54) is 0 Å². The maximum atomic E-state index is 8.52. The standard InChI is InChI=1S/Ba.H3N.H2O4S/c;;1-5(2,3)4/h;1H3;(H2,1,2,3,4)/q+2;;/p-1. The Balaban J connectivity index is -0.0000000800. The van der Waals surface area contributed by atoms with E-state index in [0.717, 1.165) is 0 Å². The average Bonchev–Trinajstić information content (AvgIpc) is 0.722. The molecule has 0 spiro atoms. The molecule has 7 heteroatoms. The van der Waals surface area contributed by atoms with Gasteiger partial charge in [-0.1, -0.05) is 0 Å². The average molecular weight is 251 g/mol. The summed E-state index contributed by atoms with van der Waals surface area (Å²) in [6, 6.07) is 0. The molecule has 0 rings (SSSR count). The zero-order chi connectivity index (χ0) is 4.50. The predicted molar refractivity (Wildman–Crippen MR) is 22.2 cm³/mol. The SMILES string of the molecule is O=S(=O)([O-])[O-].[Ba+2].[NH4+]. The molecule has 0 aromatic carbocycles. The largest absolute Gasteiger partial charge is 2.00 e. The molecule has 0 aromatic heterocycles. The summed E-state index contributed by atoms with van der Waals surface area (Å²) in [6.45, 7) is 0. The molecule has 0 saturated carbocycles.